The van der Waals surface area contributed by atoms with Crippen molar-refractivity contribution in [3.05, 3.63) is 18.0 Å². The number of carbonyl (C=O) groups is 1. The molecule has 0 spiro atoms. The van der Waals surface area contributed by atoms with E-state index in [-0.39, 0.29) is 12.3 Å². The molecule has 0 amide bonds. The van der Waals surface area contributed by atoms with Crippen LogP contribution < -0.4 is 0 Å². The highest BCUT2D eigenvalue weighted by Crippen LogP contribution is 2.16. The minimum atomic E-state index is -1.78. The van der Waals surface area contributed by atoms with Gasteiger partial charge in [0.1, 0.15) is 5.69 Å². The van der Waals surface area contributed by atoms with Crippen LogP contribution in [0.5, 0.6) is 0 Å². The van der Waals surface area contributed by atoms with Gasteiger partial charge in [-0.2, -0.15) is 5.10 Å². The molecule has 1 unspecified atom stereocenters. The second kappa shape index (κ2) is 4.02. The van der Waals surface area contributed by atoms with Crippen molar-refractivity contribution in [1.29, 1.82) is 0 Å². The third-order valence-electron chi connectivity index (χ3n) is 1.49. The number of halogens is 1. The van der Waals surface area contributed by atoms with Crippen LogP contribution in [0.4, 0.5) is 4.39 Å². The fourth-order valence-electron chi connectivity index (χ4n) is 0.904. The van der Waals surface area contributed by atoms with E-state index in [1.165, 1.54) is 10.7 Å². The third-order valence-corrected chi connectivity index (χ3v) is 1.49. The van der Waals surface area contributed by atoms with E-state index >= 15 is 0 Å². The predicted octanol–water partition coefficient (Wildman–Crippen LogP) is 0.994. The van der Waals surface area contributed by atoms with Crippen molar-refractivity contribution in [3.63, 3.8) is 0 Å². The molecular weight excluding hydrogens is 175 g/mol. The van der Waals surface area contributed by atoms with Crippen LogP contribution in [0.15, 0.2) is 12.3 Å². The number of ether oxygens (including phenoxy) is 1. The summed E-state index contributed by atoms with van der Waals surface area (Å²) in [5.74, 6) is -0.888. The fourth-order valence-corrected chi connectivity index (χ4v) is 0.904. The molecule has 1 aromatic heterocycles. The number of carbonyl (C=O) groups excluding carboxylic acids is 1. The SMILES string of the molecule is CCOC(=O)C(F)c1ccn(C)n1. The maximum atomic E-state index is 13.2. The molecule has 0 saturated carbocycles. The Hall–Kier alpha value is -1.39. The normalized spacial score (nSPS) is 12.5. The third kappa shape index (κ3) is 2.27. The molecule has 0 aliphatic carbocycles. The molecular formula is C8H11FN2O2. The molecule has 13 heavy (non-hydrogen) atoms. The summed E-state index contributed by atoms with van der Waals surface area (Å²) in [5.41, 5.74) is 0.0842. The van der Waals surface area contributed by atoms with E-state index in [9.17, 15) is 9.18 Å². The highest BCUT2D eigenvalue weighted by Gasteiger charge is 2.22. The lowest BCUT2D eigenvalue weighted by Crippen LogP contribution is -2.12. The quantitative estimate of drug-likeness (QED) is 0.661. The first-order valence-corrected chi connectivity index (χ1v) is 3.95. The predicted molar refractivity (Wildman–Crippen MR) is 43.7 cm³/mol. The van der Waals surface area contributed by atoms with Crippen LogP contribution in [-0.4, -0.2) is 22.4 Å². The van der Waals surface area contributed by atoms with Crippen molar-refractivity contribution < 1.29 is 13.9 Å². The van der Waals surface area contributed by atoms with Gasteiger partial charge < -0.3 is 4.74 Å². The van der Waals surface area contributed by atoms with Crippen molar-refractivity contribution >= 4 is 5.97 Å². The minimum absolute atomic E-state index is 0.0842. The molecule has 0 fully saturated rings. The summed E-state index contributed by atoms with van der Waals surface area (Å²) in [5, 5.41) is 3.75. The zero-order valence-electron chi connectivity index (χ0n) is 7.53. The molecule has 0 aliphatic heterocycles. The first-order valence-electron chi connectivity index (χ1n) is 3.95. The molecule has 0 bridgehead atoms. The molecule has 0 radical (unpaired) electrons. The molecule has 1 atom stereocenters. The number of rotatable bonds is 3. The van der Waals surface area contributed by atoms with Gasteiger partial charge in [-0.15, -0.1) is 0 Å². The number of esters is 1. The summed E-state index contributed by atoms with van der Waals surface area (Å²) in [6.45, 7) is 1.80. The van der Waals surface area contributed by atoms with Crippen LogP contribution in [0.3, 0.4) is 0 Å². The highest BCUT2D eigenvalue weighted by atomic mass is 19.1. The Morgan fingerprint density at radius 3 is 3.00 bits per heavy atom. The molecule has 5 heteroatoms. The maximum Gasteiger partial charge on any atom is 0.347 e. The van der Waals surface area contributed by atoms with Crippen molar-refractivity contribution in [2.24, 2.45) is 7.05 Å². The summed E-state index contributed by atoms with van der Waals surface area (Å²) < 4.78 is 19.1. The second-order valence-electron chi connectivity index (χ2n) is 2.53. The van der Waals surface area contributed by atoms with Crippen LogP contribution in [-0.2, 0) is 16.6 Å². The maximum absolute atomic E-state index is 13.2. The molecule has 1 heterocycles. The second-order valence-corrected chi connectivity index (χ2v) is 2.53. The Morgan fingerprint density at radius 2 is 2.54 bits per heavy atom. The highest BCUT2D eigenvalue weighted by molar-refractivity contribution is 5.75. The molecule has 1 rings (SSSR count). The summed E-state index contributed by atoms with van der Waals surface area (Å²) in [6, 6.07) is 1.45. The van der Waals surface area contributed by atoms with E-state index in [4.69, 9.17) is 0 Å². The van der Waals surface area contributed by atoms with E-state index in [0.29, 0.717) is 0 Å². The van der Waals surface area contributed by atoms with Gasteiger partial charge in [0.05, 0.1) is 6.61 Å². The van der Waals surface area contributed by atoms with E-state index in [1.807, 2.05) is 0 Å². The van der Waals surface area contributed by atoms with Gasteiger partial charge in [0, 0.05) is 13.2 Å². The molecule has 0 aliphatic rings. The van der Waals surface area contributed by atoms with E-state index < -0.39 is 12.1 Å². The topological polar surface area (TPSA) is 44.1 Å². The van der Waals surface area contributed by atoms with Crippen LogP contribution >= 0.6 is 0 Å². The lowest BCUT2D eigenvalue weighted by Gasteiger charge is -2.03. The Morgan fingerprint density at radius 1 is 1.85 bits per heavy atom. The smallest absolute Gasteiger partial charge is 0.347 e. The first-order chi connectivity index (χ1) is 6.15. The minimum Gasteiger partial charge on any atom is -0.464 e. The largest absolute Gasteiger partial charge is 0.464 e. The lowest BCUT2D eigenvalue weighted by atomic mass is 10.3. The van der Waals surface area contributed by atoms with Crippen LogP contribution in [0.25, 0.3) is 0 Å². The monoisotopic (exact) mass is 186 g/mol. The van der Waals surface area contributed by atoms with Crippen LogP contribution in [0.1, 0.15) is 18.8 Å². The summed E-state index contributed by atoms with van der Waals surface area (Å²) >= 11 is 0. The Kier molecular flexibility index (Phi) is 3.00. The molecule has 1 aromatic rings. The summed E-state index contributed by atoms with van der Waals surface area (Å²) in [6.07, 6.45) is -0.206. The number of aromatic nitrogens is 2. The van der Waals surface area contributed by atoms with Gasteiger partial charge in [0.2, 0.25) is 6.17 Å². The van der Waals surface area contributed by atoms with Gasteiger partial charge >= 0.3 is 5.97 Å². The standard InChI is InChI=1S/C8H11FN2O2/c1-3-13-8(12)7(9)6-4-5-11(2)10-6/h4-5,7H,3H2,1-2H3. The average molecular weight is 186 g/mol. The van der Waals surface area contributed by atoms with Crippen LogP contribution in [0, 0.1) is 0 Å². The average Bonchev–Trinajstić information content (AvgIpc) is 2.51. The number of hydrogen-bond donors (Lipinski definition) is 0. The molecule has 0 saturated heterocycles. The zero-order chi connectivity index (χ0) is 9.84. The van der Waals surface area contributed by atoms with Crippen molar-refractivity contribution in [3.8, 4) is 0 Å². The van der Waals surface area contributed by atoms with Gasteiger partial charge in [-0.1, -0.05) is 0 Å². The molecule has 0 N–H and O–H groups in total. The Bertz CT molecular complexity index is 298. The Balaban J connectivity index is 2.67. The molecule has 0 aromatic carbocycles. The number of hydrogen-bond acceptors (Lipinski definition) is 3. The van der Waals surface area contributed by atoms with Crippen molar-refractivity contribution in [1.82, 2.24) is 9.78 Å². The van der Waals surface area contributed by atoms with Crippen molar-refractivity contribution in [2.75, 3.05) is 6.61 Å². The number of aryl methyl sites for hydroxylation is 1. The molecule has 72 valence electrons. The van der Waals surface area contributed by atoms with E-state index in [0.717, 1.165) is 0 Å². The summed E-state index contributed by atoms with van der Waals surface area (Å²) in [7, 11) is 1.65. The zero-order valence-corrected chi connectivity index (χ0v) is 7.53. The first kappa shape index (κ1) is 9.70. The van der Waals surface area contributed by atoms with Gasteiger partial charge in [-0.25, -0.2) is 9.18 Å². The lowest BCUT2D eigenvalue weighted by molar-refractivity contribution is -0.149. The van der Waals surface area contributed by atoms with Gasteiger partial charge in [0.25, 0.3) is 0 Å². The van der Waals surface area contributed by atoms with E-state index in [2.05, 4.69) is 9.84 Å². The van der Waals surface area contributed by atoms with Gasteiger partial charge in [0.15, 0.2) is 0 Å². The number of nitrogens with zero attached hydrogens (tertiary/aromatic N) is 2. The van der Waals surface area contributed by atoms with Crippen LogP contribution in [0.2, 0.25) is 0 Å². The Labute approximate surface area is 75.3 Å². The van der Waals surface area contributed by atoms with Crippen molar-refractivity contribution in [2.45, 2.75) is 13.1 Å². The number of alkyl halides is 1. The fraction of sp³-hybridized carbons (Fsp3) is 0.500. The van der Waals surface area contributed by atoms with Gasteiger partial charge in [-0.3, -0.25) is 4.68 Å². The molecule has 4 nitrogen and oxygen atoms in total. The van der Waals surface area contributed by atoms with E-state index in [1.54, 1.807) is 20.2 Å². The van der Waals surface area contributed by atoms with Gasteiger partial charge in [-0.05, 0) is 13.0 Å². The summed E-state index contributed by atoms with van der Waals surface area (Å²) in [4.78, 5) is 10.9.